The van der Waals surface area contributed by atoms with Crippen LogP contribution < -0.4 is 0 Å². The topological polar surface area (TPSA) is 78.7 Å². The summed E-state index contributed by atoms with van der Waals surface area (Å²) in [5.74, 6) is 2.42. The number of halogens is 2. The summed E-state index contributed by atoms with van der Waals surface area (Å²) >= 11 is 13.0. The maximum atomic E-state index is 14.6. The molecule has 1 aromatic heterocycles. The SMILES string of the molecule is CCCCN(CCCC)C(=O)c1cc(C)n(-c2ccc(-c3cccc(Cl)c3Cl)cc2C(=O)N2Cc3ccccc3CC2C#CO)n1. The first-order valence-corrected chi connectivity index (χ1v) is 16.5. The van der Waals surface area contributed by atoms with Crippen molar-refractivity contribution in [3.8, 4) is 28.8 Å². The van der Waals surface area contributed by atoms with Crippen LogP contribution in [0.2, 0.25) is 10.0 Å². The van der Waals surface area contributed by atoms with Crippen LogP contribution in [0.25, 0.3) is 16.8 Å². The monoisotopic (exact) mass is 656 g/mol. The summed E-state index contributed by atoms with van der Waals surface area (Å²) in [6.07, 6.45) is 6.31. The molecule has 0 saturated carbocycles. The summed E-state index contributed by atoms with van der Waals surface area (Å²) in [6, 6.07) is 20.0. The molecule has 0 radical (unpaired) electrons. The van der Waals surface area contributed by atoms with Gasteiger partial charge < -0.3 is 14.9 Å². The maximum absolute atomic E-state index is 14.6. The highest BCUT2D eigenvalue weighted by atomic mass is 35.5. The summed E-state index contributed by atoms with van der Waals surface area (Å²) in [4.78, 5) is 31.8. The lowest BCUT2D eigenvalue weighted by molar-refractivity contribution is 0.0688. The third-order valence-electron chi connectivity index (χ3n) is 8.42. The smallest absolute Gasteiger partial charge is 0.274 e. The second-order valence-electron chi connectivity index (χ2n) is 11.6. The van der Waals surface area contributed by atoms with Crippen molar-refractivity contribution in [3.05, 3.63) is 105 Å². The molecule has 46 heavy (non-hydrogen) atoms. The summed E-state index contributed by atoms with van der Waals surface area (Å²) in [5, 5.41) is 15.1. The first kappa shape index (κ1) is 33.1. The van der Waals surface area contributed by atoms with Crippen molar-refractivity contribution >= 4 is 35.0 Å². The molecule has 9 heteroatoms. The van der Waals surface area contributed by atoms with Crippen LogP contribution in [0.4, 0.5) is 0 Å². The van der Waals surface area contributed by atoms with Gasteiger partial charge in [-0.15, -0.1) is 0 Å². The normalized spacial score (nSPS) is 13.9. The third kappa shape index (κ3) is 6.94. The zero-order chi connectivity index (χ0) is 32.8. The Morgan fingerprint density at radius 1 is 0.978 bits per heavy atom. The van der Waals surface area contributed by atoms with Crippen molar-refractivity contribution < 1.29 is 14.7 Å². The van der Waals surface area contributed by atoms with Gasteiger partial charge in [-0.1, -0.05) is 92.4 Å². The predicted octanol–water partition coefficient (Wildman–Crippen LogP) is 8.10. The van der Waals surface area contributed by atoms with E-state index in [0.29, 0.717) is 69.9 Å². The van der Waals surface area contributed by atoms with E-state index in [0.717, 1.165) is 36.8 Å². The number of nitrogens with zero attached hydrogens (tertiary/aromatic N) is 4. The molecular weight excluding hydrogens is 619 g/mol. The predicted molar refractivity (Wildman–Crippen MR) is 183 cm³/mol. The van der Waals surface area contributed by atoms with Gasteiger partial charge in [-0.3, -0.25) is 9.59 Å². The van der Waals surface area contributed by atoms with Gasteiger partial charge in [-0.2, -0.15) is 5.10 Å². The molecule has 1 N–H and O–H groups in total. The Morgan fingerprint density at radius 2 is 1.70 bits per heavy atom. The molecule has 1 aliphatic heterocycles. The van der Waals surface area contributed by atoms with E-state index < -0.39 is 6.04 Å². The van der Waals surface area contributed by atoms with Crippen LogP contribution in [0, 0.1) is 19.0 Å². The molecule has 238 valence electrons. The Hall–Kier alpha value is -4.25. The van der Waals surface area contributed by atoms with E-state index in [1.165, 1.54) is 0 Å². The van der Waals surface area contributed by atoms with Crippen LogP contribution in [0.3, 0.4) is 0 Å². The van der Waals surface area contributed by atoms with Crippen molar-refractivity contribution in [2.45, 2.75) is 65.5 Å². The number of amides is 2. The minimum atomic E-state index is -0.541. The third-order valence-corrected chi connectivity index (χ3v) is 9.23. The zero-order valence-electron chi connectivity index (χ0n) is 26.4. The van der Waals surface area contributed by atoms with Crippen LogP contribution in [0.5, 0.6) is 0 Å². The zero-order valence-corrected chi connectivity index (χ0v) is 27.9. The Bertz CT molecular complexity index is 1800. The van der Waals surface area contributed by atoms with E-state index in [1.54, 1.807) is 27.8 Å². The minimum Gasteiger partial charge on any atom is -0.462 e. The molecule has 3 aromatic carbocycles. The van der Waals surface area contributed by atoms with Crippen molar-refractivity contribution in [2.75, 3.05) is 13.1 Å². The maximum Gasteiger partial charge on any atom is 0.274 e. The van der Waals surface area contributed by atoms with Gasteiger partial charge in [0.25, 0.3) is 11.8 Å². The van der Waals surface area contributed by atoms with Crippen molar-refractivity contribution in [1.82, 2.24) is 19.6 Å². The van der Waals surface area contributed by atoms with E-state index in [-0.39, 0.29) is 11.8 Å². The highest BCUT2D eigenvalue weighted by Gasteiger charge is 2.32. The highest BCUT2D eigenvalue weighted by Crippen LogP contribution is 2.36. The van der Waals surface area contributed by atoms with E-state index >= 15 is 0 Å². The molecule has 4 aromatic rings. The first-order chi connectivity index (χ1) is 22.3. The summed E-state index contributed by atoms with van der Waals surface area (Å²) < 4.78 is 1.66. The molecule has 2 amide bonds. The van der Waals surface area contributed by atoms with Gasteiger partial charge in [-0.05, 0) is 66.6 Å². The number of aryl methyl sites for hydroxylation is 1. The Balaban J connectivity index is 1.62. The van der Waals surface area contributed by atoms with Gasteiger partial charge in [0.1, 0.15) is 12.1 Å². The number of aromatic nitrogens is 2. The molecule has 1 atom stereocenters. The number of carbonyl (C=O) groups is 2. The summed E-state index contributed by atoms with van der Waals surface area (Å²) in [7, 11) is 0. The van der Waals surface area contributed by atoms with Crippen molar-refractivity contribution in [2.24, 2.45) is 0 Å². The van der Waals surface area contributed by atoms with E-state index in [9.17, 15) is 14.7 Å². The molecule has 5 rings (SSSR count). The van der Waals surface area contributed by atoms with Crippen molar-refractivity contribution in [1.29, 1.82) is 0 Å². The lowest BCUT2D eigenvalue weighted by Gasteiger charge is -2.34. The Morgan fingerprint density at radius 3 is 2.39 bits per heavy atom. The van der Waals surface area contributed by atoms with E-state index in [4.69, 9.17) is 28.3 Å². The van der Waals surface area contributed by atoms with Crippen LogP contribution in [-0.4, -0.2) is 55.6 Å². The first-order valence-electron chi connectivity index (χ1n) is 15.7. The highest BCUT2D eigenvalue weighted by molar-refractivity contribution is 6.43. The molecule has 0 saturated heterocycles. The number of carbonyl (C=O) groups excluding carboxylic acids is 2. The average molecular weight is 658 g/mol. The Labute approximate surface area is 280 Å². The van der Waals surface area contributed by atoms with Gasteiger partial charge >= 0.3 is 0 Å². The van der Waals surface area contributed by atoms with Gasteiger partial charge in [-0.25, -0.2) is 4.68 Å². The van der Waals surface area contributed by atoms with Crippen LogP contribution in [-0.2, 0) is 13.0 Å². The number of unbranched alkanes of at least 4 members (excludes halogenated alkanes) is 2. The number of aliphatic hydroxyl groups excluding tert-OH is 1. The molecule has 7 nitrogen and oxygen atoms in total. The van der Waals surface area contributed by atoms with Gasteiger partial charge in [0.05, 0.1) is 21.3 Å². The van der Waals surface area contributed by atoms with Crippen LogP contribution >= 0.6 is 23.2 Å². The number of hydrogen-bond donors (Lipinski definition) is 1. The quantitative estimate of drug-likeness (QED) is 0.175. The number of fused-ring (bicyclic) bond motifs is 1. The van der Waals surface area contributed by atoms with E-state index in [1.807, 2.05) is 66.5 Å². The number of aliphatic hydroxyl groups is 1. The molecular formula is C37H38Cl2N4O3. The van der Waals surface area contributed by atoms with Crippen LogP contribution in [0.1, 0.15) is 77.2 Å². The summed E-state index contributed by atoms with van der Waals surface area (Å²) in [5.41, 5.74) is 5.41. The molecule has 0 fully saturated rings. The average Bonchev–Trinajstić information content (AvgIpc) is 3.46. The molecule has 0 bridgehead atoms. The van der Waals surface area contributed by atoms with Gasteiger partial charge in [0, 0.05) is 37.3 Å². The largest absolute Gasteiger partial charge is 0.462 e. The molecule has 1 aliphatic rings. The molecule has 2 heterocycles. The molecule has 0 aliphatic carbocycles. The van der Waals surface area contributed by atoms with Gasteiger partial charge in [0.2, 0.25) is 0 Å². The second-order valence-corrected chi connectivity index (χ2v) is 12.4. The fraction of sp³-hybridized carbons (Fsp3) is 0.324. The van der Waals surface area contributed by atoms with Gasteiger partial charge in [0.15, 0.2) is 5.69 Å². The van der Waals surface area contributed by atoms with E-state index in [2.05, 4.69) is 19.8 Å². The number of benzene rings is 3. The minimum absolute atomic E-state index is 0.120. The Kier molecular flexibility index (Phi) is 10.7. The fourth-order valence-electron chi connectivity index (χ4n) is 5.88. The number of hydrogen-bond acceptors (Lipinski definition) is 4. The summed E-state index contributed by atoms with van der Waals surface area (Å²) in [6.45, 7) is 7.75. The second kappa shape index (κ2) is 14.9. The van der Waals surface area contributed by atoms with Crippen molar-refractivity contribution in [3.63, 3.8) is 0 Å². The standard InChI is InChI=1S/C37H38Cl2N4O3/c1-4-6-18-41(19-7-5-2)37(46)33-21-25(3)43(40-33)34-16-15-27(30-13-10-14-32(38)35(30)39)23-31(34)36(45)42-24-28-12-9-8-11-26(28)22-29(42)17-20-44/h8-16,21,23,29,44H,4-7,18-19,22,24H2,1-3H3. The molecule has 1 unspecified atom stereocenters. The lowest BCUT2D eigenvalue weighted by atomic mass is 9.93. The lowest BCUT2D eigenvalue weighted by Crippen LogP contribution is -2.44. The number of rotatable bonds is 10. The molecule has 0 spiro atoms. The van der Waals surface area contributed by atoms with Crippen LogP contribution in [0.15, 0.2) is 66.7 Å². The fourth-order valence-corrected chi connectivity index (χ4v) is 6.29.